The second-order valence-electron chi connectivity index (χ2n) is 7.58. The second-order valence-corrected chi connectivity index (χ2v) is 8.41. The third kappa shape index (κ3) is 3.15. The van der Waals surface area contributed by atoms with E-state index >= 15 is 0 Å². The van der Waals surface area contributed by atoms with Gasteiger partial charge in [0.2, 0.25) is 0 Å². The van der Waals surface area contributed by atoms with Crippen LogP contribution in [0.1, 0.15) is 29.7 Å². The summed E-state index contributed by atoms with van der Waals surface area (Å²) in [5.41, 5.74) is 6.84. The van der Waals surface area contributed by atoms with Crippen LogP contribution in [0.15, 0.2) is 66.1 Å². The first-order valence-electron chi connectivity index (χ1n) is 10.1. The summed E-state index contributed by atoms with van der Waals surface area (Å²) in [5.74, 6) is 0.536. The predicted molar refractivity (Wildman–Crippen MR) is 124 cm³/mol. The molecule has 150 valence electrons. The number of nitrogens with zero attached hydrogens (tertiary/aromatic N) is 2. The summed E-state index contributed by atoms with van der Waals surface area (Å²) in [6, 6.07) is 13.1. The summed E-state index contributed by atoms with van der Waals surface area (Å²) in [4.78, 5) is 5.70. The molecule has 30 heavy (non-hydrogen) atoms. The first-order valence-corrected chi connectivity index (χ1v) is 11.0. The second kappa shape index (κ2) is 7.58. The maximum Gasteiger partial charge on any atom is 0.196 e. The van der Waals surface area contributed by atoms with Crippen LogP contribution >= 0.6 is 11.3 Å². The van der Waals surface area contributed by atoms with Gasteiger partial charge in [-0.3, -0.25) is 4.40 Å². The number of nitrogens with one attached hydrogen (secondary N) is 1. The number of anilines is 2. The summed E-state index contributed by atoms with van der Waals surface area (Å²) >= 11 is 1.59. The minimum absolute atomic E-state index is 0.269. The Labute approximate surface area is 179 Å². The molecular formula is C25H22FN3S. The number of para-hydroxylation sites is 1. The summed E-state index contributed by atoms with van der Waals surface area (Å²) in [6.45, 7) is 4.17. The molecule has 0 fully saturated rings. The van der Waals surface area contributed by atoms with Crippen molar-refractivity contribution in [1.82, 2.24) is 9.38 Å². The highest BCUT2D eigenvalue weighted by Gasteiger charge is 2.22. The topological polar surface area (TPSA) is 29.3 Å². The van der Waals surface area contributed by atoms with Crippen molar-refractivity contribution in [3.05, 3.63) is 88.7 Å². The molecule has 2 aromatic heterocycles. The van der Waals surface area contributed by atoms with E-state index in [1.165, 1.54) is 11.6 Å². The monoisotopic (exact) mass is 415 g/mol. The number of benzene rings is 2. The van der Waals surface area contributed by atoms with Crippen LogP contribution in [-0.4, -0.2) is 9.38 Å². The van der Waals surface area contributed by atoms with E-state index in [1.54, 1.807) is 23.5 Å². The highest BCUT2D eigenvalue weighted by atomic mass is 32.1. The summed E-state index contributed by atoms with van der Waals surface area (Å²) in [5, 5.41) is 5.77. The molecule has 0 radical (unpaired) electrons. The van der Waals surface area contributed by atoms with Crippen LogP contribution in [0.5, 0.6) is 0 Å². The largest absolute Gasteiger partial charge is 0.339 e. The first-order chi connectivity index (χ1) is 14.6. The van der Waals surface area contributed by atoms with E-state index in [0.29, 0.717) is 11.3 Å². The molecule has 0 bridgehead atoms. The molecule has 0 aliphatic heterocycles. The summed E-state index contributed by atoms with van der Waals surface area (Å²) < 4.78 is 16.9. The van der Waals surface area contributed by atoms with Gasteiger partial charge in [-0.15, -0.1) is 11.3 Å². The van der Waals surface area contributed by atoms with Crippen molar-refractivity contribution in [3.63, 3.8) is 0 Å². The van der Waals surface area contributed by atoms with Crippen LogP contribution in [0.4, 0.5) is 15.9 Å². The van der Waals surface area contributed by atoms with Crippen LogP contribution in [-0.2, 0) is 0 Å². The molecule has 0 spiro atoms. The fourth-order valence-corrected chi connectivity index (χ4v) is 4.90. The van der Waals surface area contributed by atoms with Crippen molar-refractivity contribution < 1.29 is 4.39 Å². The molecule has 3 nitrogen and oxygen atoms in total. The molecule has 0 saturated heterocycles. The van der Waals surface area contributed by atoms with Crippen LogP contribution in [0, 0.1) is 19.7 Å². The van der Waals surface area contributed by atoms with E-state index in [4.69, 9.17) is 4.98 Å². The Morgan fingerprint density at radius 1 is 1.07 bits per heavy atom. The van der Waals surface area contributed by atoms with Gasteiger partial charge in [-0.05, 0) is 55.5 Å². The molecule has 0 amide bonds. The zero-order valence-electron chi connectivity index (χ0n) is 16.9. The number of allylic oxidation sites excluding steroid dienone is 4. The number of rotatable bonds is 4. The van der Waals surface area contributed by atoms with E-state index in [9.17, 15) is 4.39 Å². The van der Waals surface area contributed by atoms with Gasteiger partial charge >= 0.3 is 0 Å². The lowest BCUT2D eigenvalue weighted by molar-refractivity contribution is 0.631. The fraction of sp³-hybridized carbons (Fsp3) is 0.160. The lowest BCUT2D eigenvalue weighted by Gasteiger charge is -2.16. The highest BCUT2D eigenvalue weighted by molar-refractivity contribution is 7.15. The van der Waals surface area contributed by atoms with Gasteiger partial charge < -0.3 is 5.32 Å². The number of aromatic nitrogens is 2. The molecule has 0 atom stereocenters. The minimum atomic E-state index is -0.269. The van der Waals surface area contributed by atoms with Crippen molar-refractivity contribution in [2.45, 2.75) is 26.7 Å². The van der Waals surface area contributed by atoms with Gasteiger partial charge in [0.1, 0.15) is 17.3 Å². The van der Waals surface area contributed by atoms with Crippen molar-refractivity contribution in [1.29, 1.82) is 0 Å². The van der Waals surface area contributed by atoms with Crippen LogP contribution in [0.25, 0.3) is 21.8 Å². The summed E-state index contributed by atoms with van der Waals surface area (Å²) in [6.07, 6.45) is 8.46. The van der Waals surface area contributed by atoms with E-state index < -0.39 is 0 Å². The number of hydrogen-bond acceptors (Lipinski definition) is 3. The normalized spacial score (nSPS) is 13.6. The molecule has 5 heteroatoms. The maximum atomic E-state index is 14.7. The lowest BCUT2D eigenvalue weighted by Crippen LogP contribution is -2.03. The number of fused-ring (bicyclic) bond motifs is 1. The van der Waals surface area contributed by atoms with Crippen LogP contribution < -0.4 is 5.32 Å². The Morgan fingerprint density at radius 2 is 1.87 bits per heavy atom. The Balaban J connectivity index is 1.77. The molecule has 0 saturated carbocycles. The quantitative estimate of drug-likeness (QED) is 0.379. The van der Waals surface area contributed by atoms with Crippen LogP contribution in [0.2, 0.25) is 0 Å². The Kier molecular flexibility index (Phi) is 4.75. The fourth-order valence-electron chi connectivity index (χ4n) is 3.99. The Hall–Kier alpha value is -3.18. The number of thiazole rings is 1. The Morgan fingerprint density at radius 3 is 2.60 bits per heavy atom. The van der Waals surface area contributed by atoms with E-state index in [0.717, 1.165) is 46.1 Å². The maximum absolute atomic E-state index is 14.7. The zero-order valence-corrected chi connectivity index (χ0v) is 17.8. The van der Waals surface area contributed by atoms with Gasteiger partial charge in [0, 0.05) is 16.6 Å². The first kappa shape index (κ1) is 18.8. The molecule has 0 unspecified atom stereocenters. The molecule has 1 aliphatic carbocycles. The molecule has 2 heterocycles. The van der Waals surface area contributed by atoms with Crippen LogP contribution in [0.3, 0.4) is 0 Å². The third-order valence-electron chi connectivity index (χ3n) is 5.56. The average Bonchev–Trinajstić information content (AvgIpc) is 3.32. The van der Waals surface area contributed by atoms with Gasteiger partial charge in [0.25, 0.3) is 0 Å². The molecule has 2 aromatic carbocycles. The minimum Gasteiger partial charge on any atom is -0.339 e. The lowest BCUT2D eigenvalue weighted by atomic mass is 10.0. The van der Waals surface area contributed by atoms with E-state index in [-0.39, 0.29) is 5.82 Å². The third-order valence-corrected chi connectivity index (χ3v) is 6.39. The number of halogens is 1. The smallest absolute Gasteiger partial charge is 0.196 e. The van der Waals surface area contributed by atoms with Crippen molar-refractivity contribution in [2.24, 2.45) is 0 Å². The van der Waals surface area contributed by atoms with Gasteiger partial charge in [-0.2, -0.15) is 0 Å². The van der Waals surface area contributed by atoms with Crippen molar-refractivity contribution in [2.75, 3.05) is 5.32 Å². The Bertz CT molecular complexity index is 1290. The molecule has 1 aliphatic rings. The number of aryl methyl sites for hydroxylation is 2. The van der Waals surface area contributed by atoms with E-state index in [1.807, 2.05) is 6.07 Å². The summed E-state index contributed by atoms with van der Waals surface area (Å²) in [7, 11) is 0. The van der Waals surface area contributed by atoms with Crippen molar-refractivity contribution >= 4 is 33.4 Å². The van der Waals surface area contributed by atoms with Gasteiger partial charge in [-0.1, -0.05) is 48.6 Å². The molecule has 5 rings (SSSR count). The van der Waals surface area contributed by atoms with Gasteiger partial charge in [0.15, 0.2) is 4.96 Å². The SMILES string of the molecule is Cc1cccc(C)c1Nc1c(-c2ccccc2F)nc2scc(C3=CC=CCC3)n12. The molecule has 1 N–H and O–H groups in total. The van der Waals surface area contributed by atoms with Gasteiger partial charge in [-0.25, -0.2) is 9.37 Å². The van der Waals surface area contributed by atoms with Gasteiger partial charge in [0.05, 0.1) is 5.69 Å². The average molecular weight is 416 g/mol. The molecule has 4 aromatic rings. The molecular weight excluding hydrogens is 393 g/mol. The predicted octanol–water partition coefficient (Wildman–Crippen LogP) is 7.30. The standard InChI is InChI=1S/C25H22FN3S/c1-16-9-8-10-17(2)22(16)27-24-23(19-13-6-7-14-20(19)26)28-25-29(24)21(15-30-25)18-11-4-3-5-12-18/h3-4,6-11,13-15,27H,5,12H2,1-2H3. The highest BCUT2D eigenvalue weighted by Crippen LogP contribution is 2.39. The van der Waals surface area contributed by atoms with Crippen molar-refractivity contribution in [3.8, 4) is 11.3 Å². The van der Waals surface area contributed by atoms with E-state index in [2.05, 4.69) is 65.4 Å². The zero-order chi connectivity index (χ0) is 20.7. The number of imidazole rings is 1. The number of hydrogen-bond donors (Lipinski definition) is 1.